The highest BCUT2D eigenvalue weighted by atomic mass is 79.9. The van der Waals surface area contributed by atoms with E-state index in [9.17, 15) is 0 Å². The van der Waals surface area contributed by atoms with Crippen molar-refractivity contribution in [2.24, 2.45) is 0 Å². The Bertz CT molecular complexity index is 321. The fourth-order valence-electron chi connectivity index (χ4n) is 1.54. The van der Waals surface area contributed by atoms with Crippen molar-refractivity contribution >= 4 is 15.9 Å². The highest BCUT2D eigenvalue weighted by Gasteiger charge is 2.21. The molecule has 0 N–H and O–H groups in total. The summed E-state index contributed by atoms with van der Waals surface area (Å²) in [5.74, 6) is 0.597. The molecular weight excluding hydrogens is 246 g/mol. The minimum Gasteiger partial charge on any atom is -0.472 e. The number of likely N-dealkylation sites (tertiary alicyclic amines) is 1. The van der Waals surface area contributed by atoms with Crippen LogP contribution in [0.5, 0.6) is 5.88 Å². The third-order valence-corrected chi connectivity index (χ3v) is 2.60. The molecule has 1 aliphatic rings. The fraction of sp³-hybridized carbons (Fsp3) is 0.556. The Morgan fingerprint density at radius 3 is 3.07 bits per heavy atom. The molecule has 2 rings (SSSR count). The Morgan fingerprint density at radius 1 is 1.57 bits per heavy atom. The first-order chi connectivity index (χ1) is 6.74. The van der Waals surface area contributed by atoms with E-state index in [0.29, 0.717) is 10.5 Å². The van der Waals surface area contributed by atoms with Gasteiger partial charge in [-0.1, -0.05) is 0 Å². The minimum absolute atomic E-state index is 0.253. The highest BCUT2D eigenvalue weighted by molar-refractivity contribution is 9.10. The Balaban J connectivity index is 1.97. The second-order valence-corrected chi connectivity index (χ2v) is 4.28. The van der Waals surface area contributed by atoms with Crippen LogP contribution in [0.3, 0.4) is 0 Å². The molecule has 1 saturated heterocycles. The van der Waals surface area contributed by atoms with Gasteiger partial charge >= 0.3 is 0 Å². The maximum Gasteiger partial charge on any atom is 0.233 e. The lowest BCUT2D eigenvalue weighted by Gasteiger charge is -2.12. The molecule has 1 aliphatic heterocycles. The molecule has 2 heterocycles. The summed E-state index contributed by atoms with van der Waals surface area (Å²) in [4.78, 5) is 10.4. The molecule has 0 saturated carbocycles. The number of likely N-dealkylation sites (N-methyl/N-ethyl adjacent to an activating group) is 1. The molecule has 0 amide bonds. The second-order valence-electron chi connectivity index (χ2n) is 3.47. The molecule has 1 fully saturated rings. The van der Waals surface area contributed by atoms with Gasteiger partial charge in [-0.3, -0.25) is 4.98 Å². The Labute approximate surface area is 91.4 Å². The molecular formula is C9H12BrN3O. The number of aromatic nitrogens is 2. The first kappa shape index (κ1) is 9.86. The lowest BCUT2D eigenvalue weighted by Crippen LogP contribution is -2.21. The van der Waals surface area contributed by atoms with Crippen LogP contribution in [0.25, 0.3) is 0 Å². The molecule has 1 aromatic heterocycles. The maximum atomic E-state index is 5.68. The van der Waals surface area contributed by atoms with E-state index >= 15 is 0 Å². The summed E-state index contributed by atoms with van der Waals surface area (Å²) < 4.78 is 6.39. The Morgan fingerprint density at radius 2 is 2.43 bits per heavy atom. The van der Waals surface area contributed by atoms with Crippen molar-refractivity contribution in [2.45, 2.75) is 12.5 Å². The summed E-state index contributed by atoms with van der Waals surface area (Å²) in [5.41, 5.74) is 0. The van der Waals surface area contributed by atoms with Crippen LogP contribution < -0.4 is 4.74 Å². The highest BCUT2D eigenvalue weighted by Crippen LogP contribution is 2.16. The molecule has 14 heavy (non-hydrogen) atoms. The van der Waals surface area contributed by atoms with Crippen molar-refractivity contribution in [2.75, 3.05) is 20.1 Å². The van der Waals surface area contributed by atoms with Gasteiger partial charge in [-0.2, -0.15) is 0 Å². The SMILES string of the molecule is CN1CC[C@H](Oc2cncc(Br)n2)C1. The zero-order valence-corrected chi connectivity index (χ0v) is 9.57. The number of rotatable bonds is 2. The third kappa shape index (κ3) is 2.42. The lowest BCUT2D eigenvalue weighted by molar-refractivity contribution is 0.199. The predicted octanol–water partition coefficient (Wildman–Crippen LogP) is 1.32. The Kier molecular flexibility index (Phi) is 2.98. The van der Waals surface area contributed by atoms with Gasteiger partial charge in [0.2, 0.25) is 5.88 Å². The molecule has 5 heteroatoms. The van der Waals surface area contributed by atoms with Gasteiger partial charge in [-0.05, 0) is 29.4 Å². The number of halogens is 1. The van der Waals surface area contributed by atoms with E-state index in [-0.39, 0.29) is 6.10 Å². The number of hydrogen-bond acceptors (Lipinski definition) is 4. The van der Waals surface area contributed by atoms with Crippen LogP contribution in [0.15, 0.2) is 17.0 Å². The van der Waals surface area contributed by atoms with E-state index in [1.165, 1.54) is 0 Å². The monoisotopic (exact) mass is 257 g/mol. The summed E-state index contributed by atoms with van der Waals surface area (Å²) in [6.07, 6.45) is 4.60. The molecule has 0 aromatic carbocycles. The summed E-state index contributed by atoms with van der Waals surface area (Å²) in [5, 5.41) is 0. The predicted molar refractivity (Wildman–Crippen MR) is 56.3 cm³/mol. The minimum atomic E-state index is 0.253. The number of nitrogens with zero attached hydrogens (tertiary/aromatic N) is 3. The molecule has 0 aliphatic carbocycles. The zero-order valence-electron chi connectivity index (χ0n) is 7.98. The van der Waals surface area contributed by atoms with Crippen molar-refractivity contribution in [3.63, 3.8) is 0 Å². The van der Waals surface area contributed by atoms with E-state index < -0.39 is 0 Å². The van der Waals surface area contributed by atoms with E-state index in [4.69, 9.17) is 4.74 Å². The molecule has 1 aromatic rings. The average molecular weight is 258 g/mol. The maximum absolute atomic E-state index is 5.68. The van der Waals surface area contributed by atoms with Crippen molar-refractivity contribution in [3.05, 3.63) is 17.0 Å². The molecule has 1 atom stereocenters. The van der Waals surface area contributed by atoms with Crippen molar-refractivity contribution in [3.8, 4) is 5.88 Å². The molecule has 0 radical (unpaired) electrons. The van der Waals surface area contributed by atoms with Crippen LogP contribution in [0.4, 0.5) is 0 Å². The van der Waals surface area contributed by atoms with Gasteiger partial charge in [-0.25, -0.2) is 4.98 Å². The van der Waals surface area contributed by atoms with Crippen LogP contribution in [-0.4, -0.2) is 41.1 Å². The van der Waals surface area contributed by atoms with Crippen molar-refractivity contribution in [1.82, 2.24) is 14.9 Å². The number of hydrogen-bond donors (Lipinski definition) is 0. The standard InChI is InChI=1S/C9H12BrN3O/c1-13-3-2-7(6-13)14-9-5-11-4-8(10)12-9/h4-5,7H,2-3,6H2,1H3/t7-/m0/s1. The quantitative estimate of drug-likeness (QED) is 0.802. The normalized spacial score (nSPS) is 22.6. The van der Waals surface area contributed by atoms with Crippen molar-refractivity contribution in [1.29, 1.82) is 0 Å². The second kappa shape index (κ2) is 4.23. The summed E-state index contributed by atoms with van der Waals surface area (Å²) >= 11 is 3.26. The third-order valence-electron chi connectivity index (χ3n) is 2.22. The van der Waals surface area contributed by atoms with Crippen LogP contribution in [0.1, 0.15) is 6.42 Å². The lowest BCUT2D eigenvalue weighted by atomic mass is 10.3. The van der Waals surface area contributed by atoms with E-state index in [0.717, 1.165) is 19.5 Å². The summed E-state index contributed by atoms with van der Waals surface area (Å²) in [6.45, 7) is 2.06. The van der Waals surface area contributed by atoms with Crippen molar-refractivity contribution < 1.29 is 4.74 Å². The average Bonchev–Trinajstić information content (AvgIpc) is 2.51. The van der Waals surface area contributed by atoms with E-state index in [2.05, 4.69) is 37.8 Å². The molecule has 0 spiro atoms. The molecule has 4 nitrogen and oxygen atoms in total. The van der Waals surface area contributed by atoms with Crippen LogP contribution >= 0.6 is 15.9 Å². The van der Waals surface area contributed by atoms with Gasteiger partial charge in [0.1, 0.15) is 10.7 Å². The molecule has 76 valence electrons. The van der Waals surface area contributed by atoms with Crippen LogP contribution in [0.2, 0.25) is 0 Å². The van der Waals surface area contributed by atoms with Gasteiger partial charge in [0, 0.05) is 13.1 Å². The van der Waals surface area contributed by atoms with Gasteiger partial charge in [0.05, 0.1) is 12.4 Å². The van der Waals surface area contributed by atoms with E-state index in [1.54, 1.807) is 12.4 Å². The summed E-state index contributed by atoms with van der Waals surface area (Å²) in [7, 11) is 2.09. The first-order valence-electron chi connectivity index (χ1n) is 4.57. The number of ether oxygens (including phenoxy) is 1. The van der Waals surface area contributed by atoms with Gasteiger partial charge in [-0.15, -0.1) is 0 Å². The molecule has 0 bridgehead atoms. The summed E-state index contributed by atoms with van der Waals surface area (Å²) in [6, 6.07) is 0. The largest absolute Gasteiger partial charge is 0.472 e. The van der Waals surface area contributed by atoms with Gasteiger partial charge in [0.25, 0.3) is 0 Å². The van der Waals surface area contributed by atoms with E-state index in [1.807, 2.05) is 0 Å². The van der Waals surface area contributed by atoms with Gasteiger partial charge in [0.15, 0.2) is 0 Å². The topological polar surface area (TPSA) is 38.2 Å². The zero-order chi connectivity index (χ0) is 9.97. The van der Waals surface area contributed by atoms with Gasteiger partial charge < -0.3 is 9.64 Å². The molecule has 0 unspecified atom stereocenters. The first-order valence-corrected chi connectivity index (χ1v) is 5.36. The fourth-order valence-corrected chi connectivity index (χ4v) is 1.84. The smallest absolute Gasteiger partial charge is 0.233 e. The van der Waals surface area contributed by atoms with Crippen LogP contribution in [-0.2, 0) is 0 Å². The Hall–Kier alpha value is -0.680. The van der Waals surface area contributed by atoms with Crippen LogP contribution in [0, 0.1) is 0 Å².